The van der Waals surface area contributed by atoms with Crippen molar-refractivity contribution in [2.45, 2.75) is 17.8 Å². The van der Waals surface area contributed by atoms with Crippen molar-refractivity contribution in [2.75, 3.05) is 11.1 Å². The molecule has 136 valence electrons. The fourth-order valence-corrected chi connectivity index (χ4v) is 4.55. The maximum atomic E-state index is 12.9. The monoisotopic (exact) mass is 393 g/mol. The third kappa shape index (κ3) is 4.17. The van der Waals surface area contributed by atoms with Gasteiger partial charge in [0, 0.05) is 12.2 Å². The number of amides is 2. The molecule has 0 aliphatic heterocycles. The number of nitrogens with one attached hydrogen (secondary N) is 2. The predicted molar refractivity (Wildman–Crippen MR) is 99.6 cm³/mol. The second-order valence-corrected chi connectivity index (χ2v) is 8.98. The van der Waals surface area contributed by atoms with Crippen LogP contribution in [0.2, 0.25) is 0 Å². The molecule has 1 aromatic heterocycles. The maximum absolute atomic E-state index is 12.9. The van der Waals surface area contributed by atoms with Crippen LogP contribution < -0.4 is 10.6 Å². The number of fused-ring (bicyclic) bond motifs is 1. The van der Waals surface area contributed by atoms with E-state index in [2.05, 4.69) is 15.6 Å². The van der Waals surface area contributed by atoms with E-state index in [9.17, 15) is 17.6 Å². The Morgan fingerprint density at radius 1 is 1.19 bits per heavy atom. The molecule has 0 saturated heterocycles. The molecular weight excluding hydrogens is 377 g/mol. The predicted octanol–water partition coefficient (Wildman–Crippen LogP) is 3.55. The lowest BCUT2D eigenvalue weighted by Crippen LogP contribution is -2.28. The summed E-state index contributed by atoms with van der Waals surface area (Å²) in [5, 5.41) is 5.36. The first-order valence-electron chi connectivity index (χ1n) is 7.80. The van der Waals surface area contributed by atoms with E-state index in [1.54, 1.807) is 37.3 Å². The van der Waals surface area contributed by atoms with Crippen molar-refractivity contribution < 1.29 is 17.6 Å². The fraction of sp³-hybridized carbons (Fsp3) is 0.176. The molecule has 0 bridgehead atoms. The van der Waals surface area contributed by atoms with Crippen LogP contribution in [0.3, 0.4) is 0 Å². The number of anilines is 1. The SMILES string of the molecule is CCS(=O)(=O)c1nc2ccc(NC(=O)NCc3ccc(F)cc3)cc2s1. The molecule has 0 radical (unpaired) electrons. The van der Waals surface area contributed by atoms with E-state index in [0.29, 0.717) is 15.9 Å². The van der Waals surface area contributed by atoms with Gasteiger partial charge in [0.15, 0.2) is 0 Å². The van der Waals surface area contributed by atoms with Gasteiger partial charge in [0.05, 0.1) is 16.0 Å². The lowest BCUT2D eigenvalue weighted by atomic mass is 10.2. The first kappa shape index (κ1) is 18.3. The second kappa shape index (κ2) is 7.38. The highest BCUT2D eigenvalue weighted by Gasteiger charge is 2.17. The molecule has 0 spiro atoms. The van der Waals surface area contributed by atoms with Crippen LogP contribution in [-0.4, -0.2) is 25.2 Å². The molecule has 0 aliphatic rings. The molecule has 26 heavy (non-hydrogen) atoms. The molecule has 3 aromatic rings. The average Bonchev–Trinajstić information content (AvgIpc) is 3.05. The van der Waals surface area contributed by atoms with E-state index >= 15 is 0 Å². The number of sulfone groups is 1. The van der Waals surface area contributed by atoms with Gasteiger partial charge < -0.3 is 10.6 Å². The standard InChI is InChI=1S/C17H16FN3O3S2/c1-2-26(23,24)17-21-14-8-7-13(9-15(14)25-17)20-16(22)19-10-11-3-5-12(18)6-4-11/h3-9H,2,10H2,1H3,(H2,19,20,22). The first-order chi connectivity index (χ1) is 12.4. The zero-order chi connectivity index (χ0) is 18.7. The molecule has 2 aromatic carbocycles. The summed E-state index contributed by atoms with van der Waals surface area (Å²) in [5.41, 5.74) is 1.87. The summed E-state index contributed by atoms with van der Waals surface area (Å²) in [5.74, 6) is -0.343. The van der Waals surface area contributed by atoms with Gasteiger partial charge in [-0.3, -0.25) is 0 Å². The lowest BCUT2D eigenvalue weighted by molar-refractivity contribution is 0.251. The van der Waals surface area contributed by atoms with E-state index in [1.165, 1.54) is 12.1 Å². The number of benzene rings is 2. The first-order valence-corrected chi connectivity index (χ1v) is 10.3. The Labute approximate surface area is 154 Å². The van der Waals surface area contributed by atoms with Crippen molar-refractivity contribution in [3.63, 3.8) is 0 Å². The Hall–Kier alpha value is -2.52. The highest BCUT2D eigenvalue weighted by molar-refractivity contribution is 7.93. The molecule has 3 rings (SSSR count). The zero-order valence-electron chi connectivity index (χ0n) is 13.8. The summed E-state index contributed by atoms with van der Waals surface area (Å²) < 4.78 is 37.4. The number of carbonyl (C=O) groups excluding carboxylic acids is 1. The van der Waals surface area contributed by atoms with Crippen LogP contribution in [0, 0.1) is 5.82 Å². The minimum Gasteiger partial charge on any atom is -0.334 e. The van der Waals surface area contributed by atoms with Gasteiger partial charge in [-0.2, -0.15) is 0 Å². The molecular formula is C17H16FN3O3S2. The van der Waals surface area contributed by atoms with Crippen molar-refractivity contribution in [1.29, 1.82) is 0 Å². The van der Waals surface area contributed by atoms with Crippen molar-refractivity contribution in [3.8, 4) is 0 Å². The third-order valence-corrected chi connectivity index (χ3v) is 6.85. The van der Waals surface area contributed by atoms with Gasteiger partial charge in [0.2, 0.25) is 14.2 Å². The van der Waals surface area contributed by atoms with Crippen LogP contribution in [0.15, 0.2) is 46.8 Å². The quantitative estimate of drug-likeness (QED) is 0.694. The average molecular weight is 393 g/mol. The van der Waals surface area contributed by atoms with E-state index < -0.39 is 15.9 Å². The van der Waals surface area contributed by atoms with Gasteiger partial charge in [-0.1, -0.05) is 19.1 Å². The number of nitrogens with zero attached hydrogens (tertiary/aromatic N) is 1. The molecule has 2 N–H and O–H groups in total. The van der Waals surface area contributed by atoms with Crippen LogP contribution in [0.25, 0.3) is 10.2 Å². The Kier molecular flexibility index (Phi) is 5.19. The number of aromatic nitrogens is 1. The van der Waals surface area contributed by atoms with E-state index in [0.717, 1.165) is 16.9 Å². The largest absolute Gasteiger partial charge is 0.334 e. The number of hydrogen-bond acceptors (Lipinski definition) is 5. The number of thiazole rings is 1. The van der Waals surface area contributed by atoms with E-state index in [4.69, 9.17) is 0 Å². The van der Waals surface area contributed by atoms with Crippen molar-refractivity contribution >= 4 is 43.1 Å². The topological polar surface area (TPSA) is 88.2 Å². The summed E-state index contributed by atoms with van der Waals surface area (Å²) in [6.45, 7) is 1.83. The summed E-state index contributed by atoms with van der Waals surface area (Å²) in [6.07, 6.45) is 0. The van der Waals surface area contributed by atoms with Gasteiger partial charge in [0.25, 0.3) is 0 Å². The van der Waals surface area contributed by atoms with Gasteiger partial charge in [-0.05, 0) is 35.9 Å². The summed E-state index contributed by atoms with van der Waals surface area (Å²) in [6, 6.07) is 10.4. The molecule has 0 fully saturated rings. The van der Waals surface area contributed by atoms with Crippen molar-refractivity contribution in [2.24, 2.45) is 0 Å². The molecule has 0 saturated carbocycles. The minimum atomic E-state index is -3.36. The summed E-state index contributed by atoms with van der Waals surface area (Å²) >= 11 is 1.08. The van der Waals surface area contributed by atoms with Crippen LogP contribution >= 0.6 is 11.3 Å². The Balaban J connectivity index is 1.68. The Morgan fingerprint density at radius 3 is 2.62 bits per heavy atom. The van der Waals surface area contributed by atoms with Crippen LogP contribution in [0.5, 0.6) is 0 Å². The van der Waals surface area contributed by atoms with Crippen LogP contribution in [0.4, 0.5) is 14.9 Å². The molecule has 6 nitrogen and oxygen atoms in total. The molecule has 0 unspecified atom stereocenters. The van der Waals surface area contributed by atoms with Crippen molar-refractivity contribution in [1.82, 2.24) is 10.3 Å². The number of urea groups is 1. The number of halogens is 1. The third-order valence-electron chi connectivity index (χ3n) is 3.64. The summed E-state index contributed by atoms with van der Waals surface area (Å²) in [7, 11) is -3.36. The van der Waals surface area contributed by atoms with E-state index in [-0.39, 0.29) is 22.5 Å². The fourth-order valence-electron chi connectivity index (χ4n) is 2.20. The molecule has 0 atom stereocenters. The number of carbonyl (C=O) groups is 1. The second-order valence-electron chi connectivity index (χ2n) is 5.50. The summed E-state index contributed by atoms with van der Waals surface area (Å²) in [4.78, 5) is 16.1. The maximum Gasteiger partial charge on any atom is 0.319 e. The smallest absolute Gasteiger partial charge is 0.319 e. The molecule has 0 aliphatic carbocycles. The Bertz CT molecular complexity index is 1050. The van der Waals surface area contributed by atoms with Crippen molar-refractivity contribution in [3.05, 3.63) is 53.8 Å². The van der Waals surface area contributed by atoms with Gasteiger partial charge in [-0.15, -0.1) is 11.3 Å². The number of rotatable bonds is 5. The van der Waals surface area contributed by atoms with Crippen LogP contribution in [-0.2, 0) is 16.4 Å². The zero-order valence-corrected chi connectivity index (χ0v) is 15.5. The molecule has 2 amide bonds. The Morgan fingerprint density at radius 2 is 1.92 bits per heavy atom. The van der Waals surface area contributed by atoms with Gasteiger partial charge in [0.1, 0.15) is 5.82 Å². The van der Waals surface area contributed by atoms with Gasteiger partial charge in [-0.25, -0.2) is 22.6 Å². The molecule has 1 heterocycles. The number of hydrogen-bond donors (Lipinski definition) is 2. The van der Waals surface area contributed by atoms with E-state index in [1.807, 2.05) is 0 Å². The minimum absolute atomic E-state index is 0.0102. The highest BCUT2D eigenvalue weighted by atomic mass is 32.2. The van der Waals surface area contributed by atoms with Gasteiger partial charge >= 0.3 is 6.03 Å². The normalized spacial score (nSPS) is 11.5. The lowest BCUT2D eigenvalue weighted by Gasteiger charge is -2.07. The molecule has 9 heteroatoms. The van der Waals surface area contributed by atoms with Crippen LogP contribution in [0.1, 0.15) is 12.5 Å². The highest BCUT2D eigenvalue weighted by Crippen LogP contribution is 2.28.